The first-order valence-corrected chi connectivity index (χ1v) is 8.95. The van der Waals surface area contributed by atoms with E-state index in [4.69, 9.17) is 5.73 Å². The molecule has 2 N–H and O–H groups in total. The third-order valence-electron chi connectivity index (χ3n) is 3.85. The molecule has 21 heavy (non-hydrogen) atoms. The molecule has 0 radical (unpaired) electrons. The van der Waals surface area contributed by atoms with Gasteiger partial charge >= 0.3 is 0 Å². The number of pyridine rings is 1. The number of benzene rings is 1. The fourth-order valence-corrected chi connectivity index (χ4v) is 4.03. The van der Waals surface area contributed by atoms with Gasteiger partial charge < -0.3 is 10.6 Å². The molecule has 2 heterocycles. The number of para-hydroxylation sites is 1. The molecule has 0 aliphatic carbocycles. The first-order valence-electron chi connectivity index (χ1n) is 7.13. The van der Waals surface area contributed by atoms with Crippen LogP contribution in [0.15, 0.2) is 30.3 Å². The number of nitrogens with two attached hydrogens (primary N) is 1. The van der Waals surface area contributed by atoms with Crippen molar-refractivity contribution in [1.82, 2.24) is 4.98 Å². The van der Waals surface area contributed by atoms with Crippen LogP contribution in [0.4, 0.5) is 5.69 Å². The summed E-state index contributed by atoms with van der Waals surface area (Å²) in [4.78, 5) is 6.68. The Balaban J connectivity index is 2.06. The highest BCUT2D eigenvalue weighted by Gasteiger charge is 2.21. The lowest BCUT2D eigenvalue weighted by atomic mass is 10.1. The summed E-state index contributed by atoms with van der Waals surface area (Å²) in [6.45, 7) is 1.65. The van der Waals surface area contributed by atoms with Crippen LogP contribution in [0.5, 0.6) is 0 Å². The fourth-order valence-electron chi connectivity index (χ4n) is 2.76. The summed E-state index contributed by atoms with van der Waals surface area (Å²) < 4.78 is 23.6. The predicted octanol–water partition coefficient (Wildman–Crippen LogP) is 1.32. The van der Waals surface area contributed by atoms with E-state index >= 15 is 0 Å². The van der Waals surface area contributed by atoms with Gasteiger partial charge in [-0.15, -0.1) is 0 Å². The van der Waals surface area contributed by atoms with Crippen LogP contribution in [0, 0.1) is 0 Å². The predicted molar refractivity (Wildman–Crippen MR) is 85.1 cm³/mol. The molecule has 3 rings (SSSR count). The van der Waals surface area contributed by atoms with Crippen molar-refractivity contribution >= 4 is 26.4 Å². The zero-order valence-corrected chi connectivity index (χ0v) is 12.6. The standard InChI is InChI=1S/C15H19N3O2S/c16-11-12-10-15(13-4-1-2-5-14(13)17-12)18-6-3-8-21(19,20)9-7-18/h1-2,4-5,10H,3,6-9,11,16H2. The van der Waals surface area contributed by atoms with Crippen LogP contribution in [0.3, 0.4) is 0 Å². The van der Waals surface area contributed by atoms with E-state index in [0.717, 1.165) is 28.8 Å². The Morgan fingerprint density at radius 2 is 2.00 bits per heavy atom. The minimum Gasteiger partial charge on any atom is -0.370 e. The highest BCUT2D eigenvalue weighted by atomic mass is 32.2. The van der Waals surface area contributed by atoms with Gasteiger partial charge in [-0.05, 0) is 18.6 Å². The van der Waals surface area contributed by atoms with Gasteiger partial charge in [-0.2, -0.15) is 0 Å². The van der Waals surface area contributed by atoms with Crippen LogP contribution < -0.4 is 10.6 Å². The van der Waals surface area contributed by atoms with E-state index in [1.807, 2.05) is 30.3 Å². The number of sulfone groups is 1. The molecule has 112 valence electrons. The van der Waals surface area contributed by atoms with Crippen molar-refractivity contribution in [2.75, 3.05) is 29.5 Å². The van der Waals surface area contributed by atoms with E-state index in [1.165, 1.54) is 0 Å². The van der Waals surface area contributed by atoms with Gasteiger partial charge in [0.05, 0.1) is 22.7 Å². The monoisotopic (exact) mass is 305 g/mol. The average Bonchev–Trinajstić information content (AvgIpc) is 2.67. The van der Waals surface area contributed by atoms with Crippen molar-refractivity contribution in [3.63, 3.8) is 0 Å². The van der Waals surface area contributed by atoms with E-state index in [0.29, 0.717) is 19.5 Å². The van der Waals surface area contributed by atoms with Crippen molar-refractivity contribution in [3.8, 4) is 0 Å². The maximum absolute atomic E-state index is 11.8. The molecule has 6 heteroatoms. The number of anilines is 1. The van der Waals surface area contributed by atoms with Gasteiger partial charge in [0.1, 0.15) is 0 Å². The molecule has 1 saturated heterocycles. The molecule has 0 saturated carbocycles. The molecule has 1 aliphatic heterocycles. The van der Waals surface area contributed by atoms with Gasteiger partial charge in [0.25, 0.3) is 0 Å². The Kier molecular flexibility index (Phi) is 3.82. The molecule has 0 unspecified atom stereocenters. The number of aromatic nitrogens is 1. The molecule has 0 amide bonds. The number of fused-ring (bicyclic) bond motifs is 1. The topological polar surface area (TPSA) is 76.3 Å². The molecule has 1 fully saturated rings. The van der Waals surface area contributed by atoms with Gasteiger partial charge in [0.15, 0.2) is 9.84 Å². The van der Waals surface area contributed by atoms with Gasteiger partial charge in [-0.25, -0.2) is 8.42 Å². The summed E-state index contributed by atoms with van der Waals surface area (Å²) in [5.74, 6) is 0.484. The molecule has 0 spiro atoms. The van der Waals surface area contributed by atoms with Crippen molar-refractivity contribution in [2.24, 2.45) is 5.73 Å². The van der Waals surface area contributed by atoms with Gasteiger partial charge in [-0.1, -0.05) is 18.2 Å². The molecule has 1 aliphatic rings. The molecule has 5 nitrogen and oxygen atoms in total. The van der Waals surface area contributed by atoms with Crippen molar-refractivity contribution in [3.05, 3.63) is 36.0 Å². The van der Waals surface area contributed by atoms with Gasteiger partial charge in [0.2, 0.25) is 0 Å². The maximum atomic E-state index is 11.8. The molecule has 1 aromatic carbocycles. The van der Waals surface area contributed by atoms with Crippen LogP contribution in [-0.4, -0.2) is 38.0 Å². The highest BCUT2D eigenvalue weighted by Crippen LogP contribution is 2.27. The minimum atomic E-state index is -2.91. The zero-order chi connectivity index (χ0) is 14.9. The fraction of sp³-hybridized carbons (Fsp3) is 0.400. The Morgan fingerprint density at radius 1 is 1.19 bits per heavy atom. The van der Waals surface area contributed by atoms with Crippen molar-refractivity contribution < 1.29 is 8.42 Å². The van der Waals surface area contributed by atoms with Crippen molar-refractivity contribution in [2.45, 2.75) is 13.0 Å². The molecule has 2 aromatic rings. The number of hydrogen-bond donors (Lipinski definition) is 1. The van der Waals surface area contributed by atoms with E-state index in [1.54, 1.807) is 0 Å². The zero-order valence-electron chi connectivity index (χ0n) is 11.8. The van der Waals surface area contributed by atoms with Crippen LogP contribution in [-0.2, 0) is 16.4 Å². The molecular formula is C15H19N3O2S. The lowest BCUT2D eigenvalue weighted by Gasteiger charge is -2.24. The summed E-state index contributed by atoms with van der Waals surface area (Å²) in [7, 11) is -2.91. The third kappa shape index (κ3) is 3.01. The number of hydrogen-bond acceptors (Lipinski definition) is 5. The summed E-state index contributed by atoms with van der Waals surface area (Å²) in [5.41, 5.74) is 8.51. The quantitative estimate of drug-likeness (QED) is 0.905. The first kappa shape index (κ1) is 14.3. The lowest BCUT2D eigenvalue weighted by Crippen LogP contribution is -2.27. The van der Waals surface area contributed by atoms with Crippen LogP contribution in [0.1, 0.15) is 12.1 Å². The van der Waals surface area contributed by atoms with E-state index in [2.05, 4.69) is 9.88 Å². The van der Waals surface area contributed by atoms with E-state index in [9.17, 15) is 8.42 Å². The average molecular weight is 305 g/mol. The Labute approximate surface area is 124 Å². The Bertz CT molecular complexity index is 759. The number of nitrogens with zero attached hydrogens (tertiary/aromatic N) is 2. The minimum absolute atomic E-state index is 0.210. The third-order valence-corrected chi connectivity index (χ3v) is 5.57. The largest absolute Gasteiger partial charge is 0.370 e. The molecule has 0 atom stereocenters. The second kappa shape index (κ2) is 5.61. The van der Waals surface area contributed by atoms with Crippen LogP contribution in [0.2, 0.25) is 0 Å². The SMILES string of the molecule is NCc1cc(N2CCCS(=O)(=O)CC2)c2ccccc2n1. The lowest BCUT2D eigenvalue weighted by molar-refractivity contribution is 0.597. The number of rotatable bonds is 2. The summed E-state index contributed by atoms with van der Waals surface area (Å²) >= 11 is 0. The summed E-state index contributed by atoms with van der Waals surface area (Å²) in [6.07, 6.45) is 0.664. The summed E-state index contributed by atoms with van der Waals surface area (Å²) in [6, 6.07) is 9.90. The van der Waals surface area contributed by atoms with E-state index in [-0.39, 0.29) is 11.5 Å². The van der Waals surface area contributed by atoms with Crippen LogP contribution >= 0.6 is 0 Å². The second-order valence-electron chi connectivity index (χ2n) is 5.35. The Hall–Kier alpha value is -1.66. The maximum Gasteiger partial charge on any atom is 0.152 e. The highest BCUT2D eigenvalue weighted by molar-refractivity contribution is 7.91. The van der Waals surface area contributed by atoms with E-state index < -0.39 is 9.84 Å². The normalized spacial score (nSPS) is 18.6. The molecule has 1 aromatic heterocycles. The second-order valence-corrected chi connectivity index (χ2v) is 7.65. The molecule has 0 bridgehead atoms. The molecular weight excluding hydrogens is 286 g/mol. The van der Waals surface area contributed by atoms with Gasteiger partial charge in [-0.3, -0.25) is 4.98 Å². The van der Waals surface area contributed by atoms with Crippen molar-refractivity contribution in [1.29, 1.82) is 0 Å². The first-order chi connectivity index (χ1) is 10.1. The Morgan fingerprint density at radius 3 is 2.81 bits per heavy atom. The smallest absolute Gasteiger partial charge is 0.152 e. The van der Waals surface area contributed by atoms with Crippen LogP contribution in [0.25, 0.3) is 10.9 Å². The van der Waals surface area contributed by atoms with Gasteiger partial charge in [0, 0.05) is 30.7 Å². The summed E-state index contributed by atoms with van der Waals surface area (Å²) in [5, 5.41) is 1.05.